The summed E-state index contributed by atoms with van der Waals surface area (Å²) >= 11 is 0. The van der Waals surface area contributed by atoms with Crippen molar-refractivity contribution in [2.75, 3.05) is 19.4 Å². The van der Waals surface area contributed by atoms with Crippen LogP contribution >= 0.6 is 0 Å². The Labute approximate surface area is 160 Å². The molecule has 0 aliphatic rings. The zero-order valence-electron chi connectivity index (χ0n) is 16.4. The zero-order chi connectivity index (χ0) is 19.8. The number of aryl methyl sites for hydroxylation is 2. The van der Waals surface area contributed by atoms with Crippen molar-refractivity contribution < 1.29 is 9.18 Å². The van der Waals surface area contributed by atoms with Gasteiger partial charge in [-0.3, -0.25) is 4.79 Å². The van der Waals surface area contributed by atoms with Crippen LogP contribution in [0.5, 0.6) is 0 Å². The summed E-state index contributed by atoms with van der Waals surface area (Å²) in [4.78, 5) is 15.8. The van der Waals surface area contributed by atoms with Gasteiger partial charge >= 0.3 is 0 Å². The van der Waals surface area contributed by atoms with Crippen LogP contribution in [-0.4, -0.2) is 25.0 Å². The minimum atomic E-state index is -0.350. The summed E-state index contributed by atoms with van der Waals surface area (Å²) in [6.07, 6.45) is 3.05. The number of nitrogens with one attached hydrogen (secondary N) is 3. The van der Waals surface area contributed by atoms with Gasteiger partial charge in [-0.15, -0.1) is 0 Å². The molecule has 0 aliphatic carbocycles. The normalized spacial score (nSPS) is 10.4. The van der Waals surface area contributed by atoms with Gasteiger partial charge in [0.25, 0.3) is 5.91 Å². The first-order valence-electron chi connectivity index (χ1n) is 9.32. The average molecular weight is 369 g/mol. The molecule has 5 heteroatoms. The molecule has 0 unspecified atom stereocenters. The molecule has 144 valence electrons. The number of benzene rings is 2. The second-order valence-corrected chi connectivity index (χ2v) is 6.41. The predicted molar refractivity (Wildman–Crippen MR) is 111 cm³/mol. The lowest BCUT2D eigenvalue weighted by Gasteiger charge is -2.06. The fraction of sp³-hybridized carbons (Fsp3) is 0.318. The molecule has 0 fully saturated rings. The van der Waals surface area contributed by atoms with Gasteiger partial charge in [-0.25, -0.2) is 4.39 Å². The molecule has 4 nitrogen and oxygen atoms in total. The van der Waals surface area contributed by atoms with Crippen LogP contribution in [0, 0.1) is 5.82 Å². The summed E-state index contributed by atoms with van der Waals surface area (Å²) in [7, 11) is 3.75. The molecule has 0 saturated heterocycles. The maximum absolute atomic E-state index is 13.0. The van der Waals surface area contributed by atoms with Crippen LogP contribution in [0.4, 0.5) is 10.1 Å². The predicted octanol–water partition coefficient (Wildman–Crippen LogP) is 4.91. The number of carbonyl (C=O) groups is 1. The minimum absolute atomic E-state index is 0.238. The van der Waals surface area contributed by atoms with Gasteiger partial charge in [-0.1, -0.05) is 20.3 Å². The molecule has 3 N–H and O–H groups in total. The zero-order valence-corrected chi connectivity index (χ0v) is 16.4. The molecular weight excluding hydrogens is 341 g/mol. The van der Waals surface area contributed by atoms with Crippen LogP contribution in [0.25, 0.3) is 10.9 Å². The van der Waals surface area contributed by atoms with Crippen molar-refractivity contribution in [3.8, 4) is 0 Å². The quantitative estimate of drug-likeness (QED) is 0.598. The summed E-state index contributed by atoms with van der Waals surface area (Å²) in [6.45, 7) is 4.31. The SMILES string of the molecule is CCCc1c(CC)[nH]c2ccc(NC(=O)c3ccc(F)cc3)cc12.CNC. The van der Waals surface area contributed by atoms with Crippen molar-refractivity contribution in [2.24, 2.45) is 0 Å². The van der Waals surface area contributed by atoms with E-state index >= 15 is 0 Å². The summed E-state index contributed by atoms with van der Waals surface area (Å²) in [5.74, 6) is -0.589. The van der Waals surface area contributed by atoms with Crippen molar-refractivity contribution in [1.29, 1.82) is 0 Å². The fourth-order valence-electron chi connectivity index (χ4n) is 3.02. The largest absolute Gasteiger partial charge is 0.358 e. The van der Waals surface area contributed by atoms with Gasteiger partial charge in [0.15, 0.2) is 0 Å². The molecule has 3 aromatic rings. The van der Waals surface area contributed by atoms with Crippen LogP contribution in [0.3, 0.4) is 0 Å². The van der Waals surface area contributed by atoms with Crippen LogP contribution in [0.15, 0.2) is 42.5 Å². The van der Waals surface area contributed by atoms with E-state index in [4.69, 9.17) is 0 Å². The van der Waals surface area contributed by atoms with Gasteiger partial charge in [-0.2, -0.15) is 0 Å². The molecule has 0 radical (unpaired) electrons. The van der Waals surface area contributed by atoms with Gasteiger partial charge in [0.2, 0.25) is 0 Å². The number of anilines is 1. The maximum Gasteiger partial charge on any atom is 0.255 e. The van der Waals surface area contributed by atoms with Crippen molar-refractivity contribution >= 4 is 22.5 Å². The standard InChI is InChI=1S/C20H21FN2O.C2H7N/c1-3-5-16-17-12-15(10-11-19(17)23-18(16)4-2)22-20(24)13-6-8-14(21)9-7-13;1-3-2/h6-12,23H,3-5H2,1-2H3,(H,22,24);3H,1-2H3. The average Bonchev–Trinajstić information content (AvgIpc) is 3.00. The molecule has 27 heavy (non-hydrogen) atoms. The topological polar surface area (TPSA) is 56.9 Å². The van der Waals surface area contributed by atoms with Crippen LogP contribution in [0.1, 0.15) is 41.9 Å². The summed E-state index contributed by atoms with van der Waals surface area (Å²) in [5.41, 5.74) is 4.86. The summed E-state index contributed by atoms with van der Waals surface area (Å²) in [6, 6.07) is 11.4. The Balaban J connectivity index is 0.000000817. The monoisotopic (exact) mass is 369 g/mol. The summed E-state index contributed by atoms with van der Waals surface area (Å²) < 4.78 is 13.0. The minimum Gasteiger partial charge on any atom is -0.358 e. The van der Waals surface area contributed by atoms with Crippen molar-refractivity contribution in [1.82, 2.24) is 10.3 Å². The third-order valence-corrected chi connectivity index (χ3v) is 4.21. The van der Waals surface area contributed by atoms with Gasteiger partial charge in [0.05, 0.1) is 0 Å². The second kappa shape index (κ2) is 9.88. The molecule has 1 heterocycles. The number of hydrogen-bond donors (Lipinski definition) is 3. The fourth-order valence-corrected chi connectivity index (χ4v) is 3.02. The van der Waals surface area contributed by atoms with Crippen LogP contribution in [0.2, 0.25) is 0 Å². The Morgan fingerprint density at radius 2 is 1.74 bits per heavy atom. The molecule has 1 aromatic heterocycles. The molecule has 0 spiro atoms. The number of hydrogen-bond acceptors (Lipinski definition) is 2. The highest BCUT2D eigenvalue weighted by Gasteiger charge is 2.12. The highest BCUT2D eigenvalue weighted by molar-refractivity contribution is 6.05. The van der Waals surface area contributed by atoms with E-state index in [-0.39, 0.29) is 11.7 Å². The molecule has 2 aromatic carbocycles. The smallest absolute Gasteiger partial charge is 0.255 e. The first-order valence-corrected chi connectivity index (χ1v) is 9.32. The molecule has 0 atom stereocenters. The number of rotatable bonds is 5. The van der Waals surface area contributed by atoms with E-state index in [9.17, 15) is 9.18 Å². The van der Waals surface area contributed by atoms with Gasteiger partial charge in [0.1, 0.15) is 5.82 Å². The Hall–Kier alpha value is -2.66. The number of halogens is 1. The van der Waals surface area contributed by atoms with E-state index in [1.165, 1.54) is 35.5 Å². The molecule has 0 bridgehead atoms. The lowest BCUT2D eigenvalue weighted by atomic mass is 10.0. The van der Waals surface area contributed by atoms with Gasteiger partial charge < -0.3 is 15.6 Å². The maximum atomic E-state index is 13.0. The third kappa shape index (κ3) is 5.17. The van der Waals surface area contributed by atoms with Crippen molar-refractivity contribution in [3.63, 3.8) is 0 Å². The Kier molecular flexibility index (Phi) is 7.55. The van der Waals surface area contributed by atoms with Crippen molar-refractivity contribution in [2.45, 2.75) is 33.1 Å². The Bertz CT molecular complexity index is 884. The van der Waals surface area contributed by atoms with E-state index in [0.29, 0.717) is 5.56 Å². The van der Waals surface area contributed by atoms with E-state index in [0.717, 1.165) is 35.9 Å². The number of aromatic nitrogens is 1. The van der Waals surface area contributed by atoms with Crippen molar-refractivity contribution in [3.05, 3.63) is 65.1 Å². The summed E-state index contributed by atoms with van der Waals surface area (Å²) in [5, 5.41) is 6.80. The first-order chi connectivity index (χ1) is 13.0. The van der Waals surface area contributed by atoms with E-state index in [1.807, 2.05) is 32.3 Å². The molecule has 0 aliphatic heterocycles. The highest BCUT2D eigenvalue weighted by atomic mass is 19.1. The molecule has 3 rings (SSSR count). The second-order valence-electron chi connectivity index (χ2n) is 6.41. The number of fused-ring (bicyclic) bond motifs is 1. The number of aromatic amines is 1. The van der Waals surface area contributed by atoms with Gasteiger partial charge in [0, 0.05) is 27.8 Å². The number of H-pyrrole nitrogens is 1. The lowest BCUT2D eigenvalue weighted by Crippen LogP contribution is -2.11. The van der Waals surface area contributed by atoms with E-state index < -0.39 is 0 Å². The Morgan fingerprint density at radius 3 is 2.33 bits per heavy atom. The third-order valence-electron chi connectivity index (χ3n) is 4.21. The number of amides is 1. The van der Waals surface area contributed by atoms with E-state index in [2.05, 4.69) is 29.5 Å². The van der Waals surface area contributed by atoms with Crippen LogP contribution < -0.4 is 10.6 Å². The van der Waals surface area contributed by atoms with Crippen LogP contribution in [-0.2, 0) is 12.8 Å². The Morgan fingerprint density at radius 1 is 1.07 bits per heavy atom. The number of carbonyl (C=O) groups excluding carboxylic acids is 1. The molecule has 0 saturated carbocycles. The highest BCUT2D eigenvalue weighted by Crippen LogP contribution is 2.27. The lowest BCUT2D eigenvalue weighted by molar-refractivity contribution is 0.102. The van der Waals surface area contributed by atoms with Gasteiger partial charge in [-0.05, 0) is 75.0 Å². The molecule has 1 amide bonds. The van der Waals surface area contributed by atoms with E-state index in [1.54, 1.807) is 0 Å². The first kappa shape index (κ1) is 20.6. The molecular formula is C22H28FN3O.